The van der Waals surface area contributed by atoms with Crippen molar-refractivity contribution in [2.75, 3.05) is 26.2 Å². The quantitative estimate of drug-likeness (QED) is 0.598. The van der Waals surface area contributed by atoms with E-state index in [1.54, 1.807) is 6.92 Å². The van der Waals surface area contributed by atoms with Crippen LogP contribution in [-0.4, -0.2) is 44.4 Å². The van der Waals surface area contributed by atoms with Crippen LogP contribution in [-0.2, 0) is 10.0 Å². The molecule has 1 unspecified atom stereocenters. The van der Waals surface area contributed by atoms with Gasteiger partial charge in [0.05, 0.1) is 9.82 Å². The first kappa shape index (κ1) is 18.8. The van der Waals surface area contributed by atoms with Crippen LogP contribution < -0.4 is 4.72 Å². The largest absolute Gasteiger partial charge is 0.303 e. The molecule has 2 rings (SSSR count). The molecule has 0 spiro atoms. The Morgan fingerprint density at radius 3 is 2.58 bits per heavy atom. The van der Waals surface area contributed by atoms with Crippen molar-refractivity contribution in [3.8, 4) is 0 Å². The lowest BCUT2D eigenvalue weighted by Crippen LogP contribution is -2.38. The van der Waals surface area contributed by atoms with Crippen molar-refractivity contribution >= 4 is 15.7 Å². The van der Waals surface area contributed by atoms with E-state index in [4.69, 9.17) is 0 Å². The second kappa shape index (κ2) is 8.04. The minimum atomic E-state index is -3.76. The fraction of sp³-hybridized carbons (Fsp3) is 0.625. The molecule has 1 aliphatic rings. The minimum Gasteiger partial charge on any atom is -0.303 e. The van der Waals surface area contributed by atoms with Gasteiger partial charge in [0, 0.05) is 25.2 Å². The number of benzene rings is 1. The number of rotatable bonds is 7. The highest BCUT2D eigenvalue weighted by Crippen LogP contribution is 2.21. The first-order chi connectivity index (χ1) is 11.3. The third-order valence-electron chi connectivity index (χ3n) is 4.31. The van der Waals surface area contributed by atoms with E-state index >= 15 is 0 Å². The third-order valence-corrected chi connectivity index (χ3v) is 5.88. The summed E-state index contributed by atoms with van der Waals surface area (Å²) in [6.45, 7) is 6.96. The third kappa shape index (κ3) is 4.99. The van der Waals surface area contributed by atoms with E-state index in [0.717, 1.165) is 25.7 Å². The van der Waals surface area contributed by atoms with Gasteiger partial charge < -0.3 is 4.90 Å². The Morgan fingerprint density at radius 1 is 1.29 bits per heavy atom. The van der Waals surface area contributed by atoms with Crippen molar-refractivity contribution in [1.29, 1.82) is 0 Å². The molecular weight excluding hydrogens is 330 g/mol. The van der Waals surface area contributed by atoms with Crippen LogP contribution in [0, 0.1) is 23.0 Å². The first-order valence-corrected chi connectivity index (χ1v) is 9.75. The summed E-state index contributed by atoms with van der Waals surface area (Å²) >= 11 is 0. The molecule has 1 aromatic rings. The van der Waals surface area contributed by atoms with Gasteiger partial charge in [-0.05, 0) is 44.3 Å². The predicted molar refractivity (Wildman–Crippen MR) is 92.5 cm³/mol. The lowest BCUT2D eigenvalue weighted by Gasteiger charge is -2.29. The van der Waals surface area contributed by atoms with Crippen LogP contribution in [0.5, 0.6) is 0 Å². The summed E-state index contributed by atoms with van der Waals surface area (Å²) in [5.74, 6) is 0.178. The number of nitro benzene ring substituents is 1. The molecule has 8 heteroatoms. The van der Waals surface area contributed by atoms with Crippen LogP contribution in [0.2, 0.25) is 0 Å². The molecule has 1 aliphatic heterocycles. The van der Waals surface area contributed by atoms with Crippen molar-refractivity contribution in [3.63, 3.8) is 0 Å². The van der Waals surface area contributed by atoms with E-state index in [2.05, 4.69) is 9.62 Å². The molecule has 1 heterocycles. The van der Waals surface area contributed by atoms with Gasteiger partial charge in [0.15, 0.2) is 0 Å². The van der Waals surface area contributed by atoms with Crippen molar-refractivity contribution in [3.05, 3.63) is 33.9 Å². The average Bonchev–Trinajstić information content (AvgIpc) is 2.54. The molecule has 1 aromatic carbocycles. The topological polar surface area (TPSA) is 92.5 Å². The maximum absolute atomic E-state index is 12.5. The standard InChI is InChI=1S/C16H25N3O4S/c1-13(12-18-8-4-3-5-9-18)11-17-24(22,23)16-10-15(19(20)21)7-6-14(16)2/h6-7,10,13,17H,3-5,8-9,11-12H2,1-2H3. The zero-order chi connectivity index (χ0) is 17.7. The van der Waals surface area contributed by atoms with Gasteiger partial charge in [-0.2, -0.15) is 0 Å². The number of non-ortho nitro benzene ring substituents is 1. The monoisotopic (exact) mass is 355 g/mol. The SMILES string of the molecule is Cc1ccc([N+](=O)[O-])cc1S(=O)(=O)NCC(C)CN1CCCCC1. The lowest BCUT2D eigenvalue weighted by molar-refractivity contribution is -0.385. The molecule has 1 N–H and O–H groups in total. The predicted octanol–water partition coefficient (Wildman–Crippen LogP) is 2.30. The van der Waals surface area contributed by atoms with Gasteiger partial charge >= 0.3 is 0 Å². The van der Waals surface area contributed by atoms with Gasteiger partial charge in [0.1, 0.15) is 0 Å². The second-order valence-corrected chi connectivity index (χ2v) is 8.26. The normalized spacial score (nSPS) is 17.6. The molecule has 0 amide bonds. The molecular formula is C16H25N3O4S. The number of hydrogen-bond acceptors (Lipinski definition) is 5. The van der Waals surface area contributed by atoms with Gasteiger partial charge in [0.25, 0.3) is 5.69 Å². The Balaban J connectivity index is 2.00. The molecule has 1 fully saturated rings. The number of piperidine rings is 1. The van der Waals surface area contributed by atoms with E-state index in [1.807, 2.05) is 6.92 Å². The Labute approximate surface area is 143 Å². The number of hydrogen-bond donors (Lipinski definition) is 1. The molecule has 0 radical (unpaired) electrons. The smallest absolute Gasteiger partial charge is 0.270 e. The van der Waals surface area contributed by atoms with Crippen molar-refractivity contribution in [2.24, 2.45) is 5.92 Å². The number of aryl methyl sites for hydroxylation is 1. The molecule has 7 nitrogen and oxygen atoms in total. The number of likely N-dealkylation sites (tertiary alicyclic amines) is 1. The van der Waals surface area contributed by atoms with Crippen LogP contribution in [0.3, 0.4) is 0 Å². The Kier molecular flexibility index (Phi) is 6.31. The number of nitrogens with zero attached hydrogens (tertiary/aromatic N) is 2. The van der Waals surface area contributed by atoms with Crippen molar-refractivity contribution in [2.45, 2.75) is 38.0 Å². The zero-order valence-electron chi connectivity index (χ0n) is 14.2. The van der Waals surface area contributed by atoms with Crippen molar-refractivity contribution < 1.29 is 13.3 Å². The number of nitrogens with one attached hydrogen (secondary N) is 1. The average molecular weight is 355 g/mol. The maximum Gasteiger partial charge on any atom is 0.270 e. The van der Waals surface area contributed by atoms with E-state index in [9.17, 15) is 18.5 Å². The van der Waals surface area contributed by atoms with E-state index in [1.165, 1.54) is 31.4 Å². The van der Waals surface area contributed by atoms with E-state index < -0.39 is 14.9 Å². The summed E-state index contributed by atoms with van der Waals surface area (Å²) in [6, 6.07) is 3.89. The summed E-state index contributed by atoms with van der Waals surface area (Å²) in [4.78, 5) is 12.6. The summed E-state index contributed by atoms with van der Waals surface area (Å²) in [5, 5.41) is 10.9. The Bertz CT molecular complexity index is 685. The maximum atomic E-state index is 12.5. The highest BCUT2D eigenvalue weighted by Gasteiger charge is 2.22. The fourth-order valence-corrected chi connectivity index (χ4v) is 4.40. The van der Waals surface area contributed by atoms with E-state index in [0.29, 0.717) is 12.1 Å². The molecule has 0 aliphatic carbocycles. The minimum absolute atomic E-state index is 0.0260. The molecule has 24 heavy (non-hydrogen) atoms. The van der Waals surface area contributed by atoms with Crippen LogP contribution in [0.4, 0.5) is 5.69 Å². The fourth-order valence-electron chi connectivity index (χ4n) is 2.97. The van der Waals surface area contributed by atoms with E-state index in [-0.39, 0.29) is 16.5 Å². The summed E-state index contributed by atoms with van der Waals surface area (Å²) in [7, 11) is -3.76. The Hall–Kier alpha value is -1.51. The number of sulfonamides is 1. The van der Waals surface area contributed by atoms with Crippen molar-refractivity contribution in [1.82, 2.24) is 9.62 Å². The Morgan fingerprint density at radius 2 is 1.96 bits per heavy atom. The molecule has 1 saturated heterocycles. The van der Waals surface area contributed by atoms with Gasteiger partial charge in [-0.25, -0.2) is 13.1 Å². The van der Waals surface area contributed by atoms with Gasteiger partial charge in [-0.1, -0.05) is 19.4 Å². The summed E-state index contributed by atoms with van der Waals surface area (Å²) in [5.41, 5.74) is 0.277. The molecule has 134 valence electrons. The summed E-state index contributed by atoms with van der Waals surface area (Å²) in [6.07, 6.45) is 3.67. The van der Waals surface area contributed by atoms with Gasteiger partial charge in [0.2, 0.25) is 10.0 Å². The molecule has 0 aromatic heterocycles. The van der Waals surface area contributed by atoms with Gasteiger partial charge in [-0.15, -0.1) is 0 Å². The molecule has 0 saturated carbocycles. The van der Waals surface area contributed by atoms with Crippen LogP contribution in [0.1, 0.15) is 31.7 Å². The first-order valence-electron chi connectivity index (χ1n) is 8.26. The van der Waals surface area contributed by atoms with Crippen LogP contribution >= 0.6 is 0 Å². The summed E-state index contributed by atoms with van der Waals surface area (Å²) < 4.78 is 27.5. The lowest BCUT2D eigenvalue weighted by atomic mass is 10.1. The van der Waals surface area contributed by atoms with Gasteiger partial charge in [-0.3, -0.25) is 10.1 Å². The zero-order valence-corrected chi connectivity index (χ0v) is 15.0. The highest BCUT2D eigenvalue weighted by atomic mass is 32.2. The molecule has 1 atom stereocenters. The van der Waals surface area contributed by atoms with Crippen LogP contribution in [0.25, 0.3) is 0 Å². The number of nitro groups is 1. The second-order valence-electron chi connectivity index (χ2n) is 6.53. The van der Waals surface area contributed by atoms with Crippen LogP contribution in [0.15, 0.2) is 23.1 Å². The molecule has 0 bridgehead atoms. The highest BCUT2D eigenvalue weighted by molar-refractivity contribution is 7.89.